The molecule has 3 heteroatoms. The smallest absolute Gasteiger partial charge is 0.161 e. The fourth-order valence-corrected chi connectivity index (χ4v) is 3.56. The largest absolute Gasteiger partial charge is 0.334 e. The van der Waals surface area contributed by atoms with Gasteiger partial charge in [-0.3, -0.25) is 4.99 Å². The molecule has 3 rings (SSSR count). The summed E-state index contributed by atoms with van der Waals surface area (Å²) >= 11 is 1.82. The van der Waals surface area contributed by atoms with Gasteiger partial charge in [0, 0.05) is 17.0 Å². The lowest BCUT2D eigenvalue weighted by atomic mass is 10.0. The molecule has 1 atom stereocenters. The number of benzene rings is 2. The third kappa shape index (κ3) is 3.30. The molecule has 1 aliphatic rings. The molecule has 0 fully saturated rings. The van der Waals surface area contributed by atoms with Gasteiger partial charge in [0.2, 0.25) is 0 Å². The molecule has 0 amide bonds. The molecule has 2 nitrogen and oxygen atoms in total. The first-order valence-electron chi connectivity index (χ1n) is 7.36. The van der Waals surface area contributed by atoms with E-state index in [1.165, 1.54) is 11.1 Å². The van der Waals surface area contributed by atoms with E-state index in [1.807, 2.05) is 17.8 Å². The van der Waals surface area contributed by atoms with Crippen molar-refractivity contribution < 1.29 is 0 Å². The van der Waals surface area contributed by atoms with E-state index in [0.717, 1.165) is 16.6 Å². The molecule has 1 unspecified atom stereocenters. The topological polar surface area (TPSA) is 24.4 Å². The monoisotopic (exact) mass is 296 g/mol. The highest BCUT2D eigenvalue weighted by Crippen LogP contribution is 2.30. The molecular weight excluding hydrogens is 276 g/mol. The van der Waals surface area contributed by atoms with Gasteiger partial charge in [-0.1, -0.05) is 74.1 Å². The Morgan fingerprint density at radius 1 is 1.05 bits per heavy atom. The van der Waals surface area contributed by atoms with E-state index in [9.17, 15) is 0 Å². The molecule has 0 bridgehead atoms. The number of para-hydroxylation sites is 1. The van der Waals surface area contributed by atoms with Crippen LogP contribution < -0.4 is 5.32 Å². The third-order valence-electron chi connectivity index (χ3n) is 3.70. The second kappa shape index (κ2) is 6.35. The molecule has 0 radical (unpaired) electrons. The van der Waals surface area contributed by atoms with Gasteiger partial charge >= 0.3 is 0 Å². The maximum atomic E-state index is 4.79. The zero-order valence-corrected chi connectivity index (χ0v) is 13.2. The molecule has 0 saturated heterocycles. The van der Waals surface area contributed by atoms with Crippen LogP contribution in [0.15, 0.2) is 59.6 Å². The van der Waals surface area contributed by atoms with Crippen LogP contribution in [0.2, 0.25) is 0 Å². The summed E-state index contributed by atoms with van der Waals surface area (Å²) in [6.45, 7) is 4.46. The average molecular weight is 296 g/mol. The molecule has 1 heterocycles. The molecule has 0 aliphatic carbocycles. The Kier molecular flexibility index (Phi) is 4.30. The Morgan fingerprint density at radius 3 is 2.48 bits per heavy atom. The molecule has 2 aromatic rings. The summed E-state index contributed by atoms with van der Waals surface area (Å²) in [6.07, 6.45) is 0. The van der Waals surface area contributed by atoms with E-state index in [4.69, 9.17) is 4.99 Å². The van der Waals surface area contributed by atoms with Crippen LogP contribution >= 0.6 is 11.8 Å². The van der Waals surface area contributed by atoms with Gasteiger partial charge in [0.25, 0.3) is 0 Å². The molecule has 108 valence electrons. The minimum Gasteiger partial charge on any atom is -0.334 e. The number of nitrogens with zero attached hydrogens (tertiary/aromatic N) is 1. The van der Waals surface area contributed by atoms with E-state index < -0.39 is 0 Å². The maximum Gasteiger partial charge on any atom is 0.161 e. The number of hydrogen-bond acceptors (Lipinski definition) is 3. The van der Waals surface area contributed by atoms with Crippen molar-refractivity contribution in [2.24, 2.45) is 10.9 Å². The molecule has 1 N–H and O–H groups in total. The second-order valence-corrected chi connectivity index (χ2v) is 6.60. The van der Waals surface area contributed by atoms with Crippen LogP contribution in [0.1, 0.15) is 13.8 Å². The van der Waals surface area contributed by atoms with Crippen LogP contribution in [0, 0.1) is 5.92 Å². The van der Waals surface area contributed by atoms with Crippen LogP contribution in [0.25, 0.3) is 11.1 Å². The first kappa shape index (κ1) is 14.2. The van der Waals surface area contributed by atoms with Gasteiger partial charge in [0.1, 0.15) is 0 Å². The minimum atomic E-state index is 0.432. The normalized spacial score (nSPS) is 17.9. The van der Waals surface area contributed by atoms with Crippen molar-refractivity contribution >= 4 is 22.6 Å². The van der Waals surface area contributed by atoms with Crippen molar-refractivity contribution in [3.63, 3.8) is 0 Å². The van der Waals surface area contributed by atoms with Crippen LogP contribution in [0.5, 0.6) is 0 Å². The lowest BCUT2D eigenvalue weighted by Crippen LogP contribution is -2.12. The zero-order valence-electron chi connectivity index (χ0n) is 12.4. The van der Waals surface area contributed by atoms with Gasteiger partial charge in [-0.15, -0.1) is 0 Å². The number of rotatable bonds is 3. The Bertz CT molecular complexity index is 635. The quantitative estimate of drug-likeness (QED) is 0.871. The van der Waals surface area contributed by atoms with Gasteiger partial charge < -0.3 is 5.32 Å². The molecule has 0 saturated carbocycles. The second-order valence-electron chi connectivity index (χ2n) is 5.59. The standard InChI is InChI=1S/C18H20N2S/c1-13(2)17-12-21-18(20-17)19-16-11-7-6-10-15(16)14-8-4-3-5-9-14/h3-11,13,17H,12H2,1-2H3,(H,19,20). The summed E-state index contributed by atoms with van der Waals surface area (Å²) in [5.74, 6) is 1.68. The van der Waals surface area contributed by atoms with Crippen molar-refractivity contribution in [3.8, 4) is 11.1 Å². The molecule has 1 aliphatic heterocycles. The zero-order chi connectivity index (χ0) is 14.7. The molecule has 0 aromatic heterocycles. The van der Waals surface area contributed by atoms with Gasteiger partial charge in [0.05, 0.1) is 6.04 Å². The summed E-state index contributed by atoms with van der Waals surface area (Å²) in [5.41, 5.74) is 3.57. The maximum absolute atomic E-state index is 4.79. The fourth-order valence-electron chi connectivity index (χ4n) is 2.38. The van der Waals surface area contributed by atoms with Crippen LogP contribution in [-0.2, 0) is 0 Å². The van der Waals surface area contributed by atoms with Crippen molar-refractivity contribution in [1.29, 1.82) is 0 Å². The predicted octanol–water partition coefficient (Wildman–Crippen LogP) is 4.89. The number of amidine groups is 1. The summed E-state index contributed by atoms with van der Waals surface area (Å²) in [7, 11) is 0. The van der Waals surface area contributed by atoms with E-state index >= 15 is 0 Å². The fraction of sp³-hybridized carbons (Fsp3) is 0.278. The van der Waals surface area contributed by atoms with Crippen molar-refractivity contribution in [2.45, 2.75) is 19.9 Å². The Hall–Kier alpha value is -1.74. The first-order chi connectivity index (χ1) is 10.2. The number of hydrogen-bond donors (Lipinski definition) is 1. The van der Waals surface area contributed by atoms with Crippen molar-refractivity contribution in [1.82, 2.24) is 0 Å². The number of thioether (sulfide) groups is 1. The van der Waals surface area contributed by atoms with Gasteiger partial charge in [0.15, 0.2) is 5.17 Å². The Labute approximate surface area is 130 Å². The molecule has 0 spiro atoms. The van der Waals surface area contributed by atoms with Gasteiger partial charge in [-0.2, -0.15) is 0 Å². The van der Waals surface area contributed by atoms with Crippen molar-refractivity contribution in [2.75, 3.05) is 11.1 Å². The number of nitrogens with one attached hydrogen (secondary N) is 1. The van der Waals surface area contributed by atoms with E-state index in [0.29, 0.717) is 12.0 Å². The van der Waals surface area contributed by atoms with Crippen molar-refractivity contribution in [3.05, 3.63) is 54.6 Å². The third-order valence-corrected chi connectivity index (χ3v) is 4.69. The van der Waals surface area contributed by atoms with Crippen LogP contribution in [0.3, 0.4) is 0 Å². The molecule has 21 heavy (non-hydrogen) atoms. The predicted molar refractivity (Wildman–Crippen MR) is 94.0 cm³/mol. The highest BCUT2D eigenvalue weighted by atomic mass is 32.2. The summed E-state index contributed by atoms with van der Waals surface area (Å²) in [6, 6.07) is 19.3. The lowest BCUT2D eigenvalue weighted by molar-refractivity contribution is 0.543. The summed E-state index contributed by atoms with van der Waals surface area (Å²) < 4.78 is 0. The SMILES string of the molecule is CC(C)C1CSC(Nc2ccccc2-c2ccccc2)=N1. The number of anilines is 1. The minimum absolute atomic E-state index is 0.432. The highest BCUT2D eigenvalue weighted by molar-refractivity contribution is 8.14. The van der Waals surface area contributed by atoms with E-state index in [2.05, 4.69) is 67.7 Å². The Morgan fingerprint density at radius 2 is 1.76 bits per heavy atom. The van der Waals surface area contributed by atoms with Crippen LogP contribution in [0.4, 0.5) is 5.69 Å². The van der Waals surface area contributed by atoms with E-state index in [1.54, 1.807) is 0 Å². The molecule has 2 aromatic carbocycles. The summed E-state index contributed by atoms with van der Waals surface area (Å²) in [4.78, 5) is 4.79. The van der Waals surface area contributed by atoms with E-state index in [-0.39, 0.29) is 0 Å². The Balaban J connectivity index is 1.86. The average Bonchev–Trinajstić information content (AvgIpc) is 2.98. The number of aliphatic imine (C=N–C) groups is 1. The van der Waals surface area contributed by atoms with Gasteiger partial charge in [-0.25, -0.2) is 0 Å². The van der Waals surface area contributed by atoms with Gasteiger partial charge in [-0.05, 0) is 17.5 Å². The highest BCUT2D eigenvalue weighted by Gasteiger charge is 2.21. The molecular formula is C18H20N2S. The summed E-state index contributed by atoms with van der Waals surface area (Å²) in [5, 5.41) is 4.54. The lowest BCUT2D eigenvalue weighted by Gasteiger charge is -2.11. The van der Waals surface area contributed by atoms with Crippen LogP contribution in [-0.4, -0.2) is 17.0 Å². The first-order valence-corrected chi connectivity index (χ1v) is 8.34.